The molecule has 3 aromatic carbocycles. The molecule has 5 aromatic rings. The maximum atomic E-state index is 15.6. The average molecular weight is 578 g/mol. The summed E-state index contributed by atoms with van der Waals surface area (Å²) < 4.78 is 21.6. The number of ether oxygens (including phenoxy) is 1. The highest BCUT2D eigenvalue weighted by Gasteiger charge is 2.17. The highest BCUT2D eigenvalue weighted by Crippen LogP contribution is 2.30. The number of halogens is 1. The number of benzene rings is 3. The average Bonchev–Trinajstić information content (AvgIpc) is 3.45. The molecule has 43 heavy (non-hydrogen) atoms. The summed E-state index contributed by atoms with van der Waals surface area (Å²) in [4.78, 5) is 18.9. The topological polar surface area (TPSA) is 71.3 Å². The van der Waals surface area contributed by atoms with Crippen LogP contribution in [0.15, 0.2) is 97.3 Å². The van der Waals surface area contributed by atoms with Gasteiger partial charge >= 0.3 is 0 Å². The monoisotopic (exact) mass is 577 g/mol. The van der Waals surface area contributed by atoms with Crippen molar-refractivity contribution in [3.05, 3.63) is 97.3 Å². The molecule has 1 fully saturated rings. The van der Waals surface area contributed by atoms with Crippen LogP contribution in [0.25, 0.3) is 33.9 Å². The number of aromatic nitrogens is 4. The molecule has 0 atom stereocenters. The molecule has 8 nitrogen and oxygen atoms in total. The zero-order chi connectivity index (χ0) is 29.4. The van der Waals surface area contributed by atoms with Crippen LogP contribution in [0.3, 0.4) is 0 Å². The Bertz CT molecular complexity index is 1630. The van der Waals surface area contributed by atoms with Crippen LogP contribution in [0.2, 0.25) is 0 Å². The Labute approximate surface area is 251 Å². The number of likely N-dealkylation sites (N-methyl/N-ethyl adjacent to an activating group) is 1. The summed E-state index contributed by atoms with van der Waals surface area (Å²) in [6, 6.07) is 27.1. The van der Waals surface area contributed by atoms with Gasteiger partial charge in [0.2, 0.25) is 5.95 Å². The van der Waals surface area contributed by atoms with Gasteiger partial charge in [-0.05, 0) is 48.4 Å². The van der Waals surface area contributed by atoms with Crippen molar-refractivity contribution in [2.45, 2.75) is 13.3 Å². The van der Waals surface area contributed by atoms with Crippen LogP contribution in [0, 0.1) is 0 Å². The van der Waals surface area contributed by atoms with E-state index >= 15 is 4.48 Å². The maximum Gasteiger partial charge on any atom is 0.227 e. The van der Waals surface area contributed by atoms with Crippen molar-refractivity contribution in [2.24, 2.45) is 0 Å². The Morgan fingerprint density at radius 2 is 1.58 bits per heavy atom. The Balaban J connectivity index is 1.09. The molecule has 0 aliphatic carbocycles. The maximum absolute atomic E-state index is 15.6. The Kier molecular flexibility index (Phi) is 9.01. The van der Waals surface area contributed by atoms with E-state index in [0.29, 0.717) is 28.6 Å². The number of nitrogens with zero attached hydrogens (tertiary/aromatic N) is 6. The molecule has 0 radical (unpaired) electrons. The summed E-state index contributed by atoms with van der Waals surface area (Å²) in [5.74, 6) is 1.35. The van der Waals surface area contributed by atoms with Gasteiger partial charge in [0.15, 0.2) is 5.82 Å². The Morgan fingerprint density at radius 1 is 0.814 bits per heavy atom. The van der Waals surface area contributed by atoms with E-state index in [1.807, 2.05) is 78.9 Å². The van der Waals surface area contributed by atoms with Gasteiger partial charge in [0.1, 0.15) is 11.4 Å². The summed E-state index contributed by atoms with van der Waals surface area (Å²) in [6.45, 7) is 9.58. The van der Waals surface area contributed by atoms with Gasteiger partial charge in [0.25, 0.3) is 0 Å². The zero-order valence-corrected chi connectivity index (χ0v) is 24.4. The van der Waals surface area contributed by atoms with Crippen molar-refractivity contribution >= 4 is 11.6 Å². The first-order valence-electron chi connectivity index (χ1n) is 14.8. The van der Waals surface area contributed by atoms with Crippen LogP contribution >= 0.6 is 0 Å². The lowest BCUT2D eigenvalue weighted by Gasteiger charge is -2.33. The van der Waals surface area contributed by atoms with E-state index in [1.54, 1.807) is 12.3 Å². The second-order valence-electron chi connectivity index (χ2n) is 10.6. The molecule has 0 bridgehead atoms. The third-order valence-corrected chi connectivity index (χ3v) is 7.74. The van der Waals surface area contributed by atoms with Crippen molar-refractivity contribution < 1.29 is 9.22 Å². The van der Waals surface area contributed by atoms with Crippen molar-refractivity contribution in [3.63, 3.8) is 0 Å². The lowest BCUT2D eigenvalue weighted by atomic mass is 10.0. The first-order valence-corrected chi connectivity index (χ1v) is 14.8. The van der Waals surface area contributed by atoms with Crippen LogP contribution in [0.4, 0.5) is 16.1 Å². The summed E-state index contributed by atoms with van der Waals surface area (Å²) >= 11 is 0. The standard InChI is InChI=1S/C34H36FN7O/c1-2-40-18-20-41(21-19-40)17-8-22-43-30-14-7-13-29(24-30)38-34-36-16-15-31(39-34)32-25-37-33(42(32)35)28-12-6-11-27(23-28)26-9-4-3-5-10-26/h3-7,9-16,23-25H,2,8,17-22H2,1H3,(H,36,38,39). The van der Waals surface area contributed by atoms with Gasteiger partial charge in [0.05, 0.1) is 18.5 Å². The summed E-state index contributed by atoms with van der Waals surface area (Å²) in [5, 5.41) is 3.22. The van der Waals surface area contributed by atoms with E-state index in [1.165, 1.54) is 6.20 Å². The smallest absolute Gasteiger partial charge is 0.227 e. The second-order valence-corrected chi connectivity index (χ2v) is 10.6. The minimum atomic E-state index is 0.217. The van der Waals surface area contributed by atoms with E-state index in [9.17, 15) is 0 Å². The number of hydrogen-bond acceptors (Lipinski definition) is 7. The van der Waals surface area contributed by atoms with E-state index in [4.69, 9.17) is 4.74 Å². The van der Waals surface area contributed by atoms with E-state index in [0.717, 1.165) is 68.3 Å². The predicted molar refractivity (Wildman–Crippen MR) is 169 cm³/mol. The highest BCUT2D eigenvalue weighted by atomic mass is 19.2. The number of hydrogen-bond donors (Lipinski definition) is 1. The van der Waals surface area contributed by atoms with E-state index in [2.05, 4.69) is 37.0 Å². The molecular weight excluding hydrogens is 541 g/mol. The molecule has 1 aliphatic heterocycles. The largest absolute Gasteiger partial charge is 0.493 e. The fraction of sp³-hybridized carbons (Fsp3) is 0.265. The van der Waals surface area contributed by atoms with Gasteiger partial charge in [0, 0.05) is 56.2 Å². The molecule has 0 unspecified atom stereocenters. The fourth-order valence-corrected chi connectivity index (χ4v) is 5.32. The first-order chi connectivity index (χ1) is 21.2. The third kappa shape index (κ3) is 7.07. The van der Waals surface area contributed by atoms with Crippen molar-refractivity contribution in [2.75, 3.05) is 51.2 Å². The van der Waals surface area contributed by atoms with Gasteiger partial charge in [-0.3, -0.25) is 0 Å². The molecule has 220 valence electrons. The third-order valence-electron chi connectivity index (χ3n) is 7.74. The summed E-state index contributed by atoms with van der Waals surface area (Å²) in [5.41, 5.74) is 4.19. The quantitative estimate of drug-likeness (QED) is 0.178. The molecule has 1 aliphatic rings. The van der Waals surface area contributed by atoms with Crippen molar-refractivity contribution in [1.82, 2.24) is 29.5 Å². The van der Waals surface area contributed by atoms with Crippen LogP contribution in [0.1, 0.15) is 13.3 Å². The molecular formula is C34H36FN7O. The van der Waals surface area contributed by atoms with Crippen LogP contribution in [-0.2, 0) is 0 Å². The first kappa shape index (κ1) is 28.5. The van der Waals surface area contributed by atoms with Gasteiger partial charge in [-0.15, -0.1) is 0 Å². The number of imidazole rings is 1. The summed E-state index contributed by atoms with van der Waals surface area (Å²) in [7, 11) is 0. The summed E-state index contributed by atoms with van der Waals surface area (Å²) in [6.07, 6.45) is 4.08. The molecule has 6 rings (SSSR count). The van der Waals surface area contributed by atoms with E-state index < -0.39 is 0 Å². The number of rotatable bonds is 11. The number of nitrogens with one attached hydrogen (secondary N) is 1. The van der Waals surface area contributed by atoms with Crippen LogP contribution < -0.4 is 10.1 Å². The van der Waals surface area contributed by atoms with E-state index in [-0.39, 0.29) is 11.5 Å². The normalized spacial score (nSPS) is 14.1. The van der Waals surface area contributed by atoms with Crippen molar-refractivity contribution in [1.29, 1.82) is 0 Å². The van der Waals surface area contributed by atoms with Gasteiger partial charge < -0.3 is 19.9 Å². The minimum absolute atomic E-state index is 0.217. The van der Waals surface area contributed by atoms with Crippen LogP contribution in [0.5, 0.6) is 5.75 Å². The Morgan fingerprint density at radius 3 is 2.42 bits per heavy atom. The van der Waals surface area contributed by atoms with Gasteiger partial charge in [-0.1, -0.05) is 66.0 Å². The SMILES string of the molecule is CCN1CCN(CCCOc2cccc(Nc3nccc(-c4cnc(-c5cccc(-c6ccccc6)c5)n4F)n3)c2)CC1. The number of anilines is 2. The highest BCUT2D eigenvalue weighted by molar-refractivity contribution is 5.72. The Hall–Kier alpha value is -4.60. The molecule has 9 heteroatoms. The molecule has 3 heterocycles. The molecule has 1 N–H and O–H groups in total. The predicted octanol–water partition coefficient (Wildman–Crippen LogP) is 6.56. The molecule has 1 saturated heterocycles. The molecule has 0 amide bonds. The van der Waals surface area contributed by atoms with Gasteiger partial charge in [-0.2, -0.15) is 4.79 Å². The zero-order valence-electron chi connectivity index (χ0n) is 24.4. The van der Waals surface area contributed by atoms with Crippen LogP contribution in [-0.4, -0.2) is 75.4 Å². The van der Waals surface area contributed by atoms with Gasteiger partial charge in [-0.25, -0.2) is 15.0 Å². The minimum Gasteiger partial charge on any atom is -0.493 e. The molecule has 0 spiro atoms. The second kappa shape index (κ2) is 13.6. The lowest BCUT2D eigenvalue weighted by molar-refractivity contribution is 0.130. The fourth-order valence-electron chi connectivity index (χ4n) is 5.32. The lowest BCUT2D eigenvalue weighted by Crippen LogP contribution is -2.46. The number of piperazine rings is 1. The molecule has 0 saturated carbocycles. The van der Waals surface area contributed by atoms with Crippen molar-refractivity contribution in [3.8, 4) is 39.7 Å². The molecule has 2 aromatic heterocycles.